The summed E-state index contributed by atoms with van der Waals surface area (Å²) in [6.45, 7) is 0.266. The molecule has 0 bridgehead atoms. The second kappa shape index (κ2) is 11.4. The molecule has 0 aliphatic carbocycles. The molecular formula is C23H20Cl2FN3O3. The first-order valence-electron chi connectivity index (χ1n) is 9.50. The molecule has 32 heavy (non-hydrogen) atoms. The van der Waals surface area contributed by atoms with Gasteiger partial charge in [0.1, 0.15) is 12.4 Å². The van der Waals surface area contributed by atoms with Gasteiger partial charge in [-0.3, -0.25) is 4.79 Å². The van der Waals surface area contributed by atoms with Crippen LogP contribution in [0.3, 0.4) is 0 Å². The number of methoxy groups -OCH3 is 1. The van der Waals surface area contributed by atoms with Crippen LogP contribution in [0.15, 0.2) is 65.8 Å². The summed E-state index contributed by atoms with van der Waals surface area (Å²) < 4.78 is 24.1. The quantitative estimate of drug-likeness (QED) is 0.326. The first-order valence-corrected chi connectivity index (χ1v) is 10.3. The van der Waals surface area contributed by atoms with Crippen LogP contribution in [0.2, 0.25) is 10.0 Å². The van der Waals surface area contributed by atoms with Gasteiger partial charge in [0.05, 0.1) is 24.9 Å². The van der Waals surface area contributed by atoms with Crippen molar-refractivity contribution >= 4 is 41.0 Å². The van der Waals surface area contributed by atoms with E-state index in [0.29, 0.717) is 32.8 Å². The third-order valence-corrected chi connectivity index (χ3v) is 4.78. The van der Waals surface area contributed by atoms with Gasteiger partial charge in [-0.05, 0) is 59.7 Å². The molecule has 0 spiro atoms. The van der Waals surface area contributed by atoms with Crippen molar-refractivity contribution in [3.05, 3.63) is 87.7 Å². The van der Waals surface area contributed by atoms with Crippen LogP contribution in [-0.2, 0) is 11.4 Å². The summed E-state index contributed by atoms with van der Waals surface area (Å²) in [7, 11) is 1.50. The number of nitrogens with one attached hydrogen (secondary N) is 2. The molecule has 0 aromatic heterocycles. The zero-order chi connectivity index (χ0) is 22.9. The van der Waals surface area contributed by atoms with Crippen LogP contribution in [0.5, 0.6) is 11.5 Å². The molecule has 0 aliphatic heterocycles. The van der Waals surface area contributed by atoms with Crippen LogP contribution in [0.1, 0.15) is 11.1 Å². The highest BCUT2D eigenvalue weighted by Crippen LogP contribution is 2.36. The van der Waals surface area contributed by atoms with Crippen LogP contribution in [0.25, 0.3) is 0 Å². The predicted octanol–water partition coefficient (Wildman–Crippen LogP) is 5.28. The lowest BCUT2D eigenvalue weighted by Gasteiger charge is -2.13. The lowest BCUT2D eigenvalue weighted by Crippen LogP contribution is -2.25. The Morgan fingerprint density at radius 1 is 1.09 bits per heavy atom. The highest BCUT2D eigenvalue weighted by molar-refractivity contribution is 6.32. The SMILES string of the molecule is COc1cc(/C=N\NC(=O)CNc2ccc(F)cc2)cc(Cl)c1OCc1ccc(Cl)cc1. The molecule has 3 rings (SSSR count). The molecule has 0 heterocycles. The van der Waals surface area contributed by atoms with Crippen molar-refractivity contribution in [2.45, 2.75) is 6.61 Å². The summed E-state index contributed by atoms with van der Waals surface area (Å²) >= 11 is 12.3. The molecule has 9 heteroatoms. The predicted molar refractivity (Wildman–Crippen MR) is 124 cm³/mol. The van der Waals surface area contributed by atoms with E-state index in [-0.39, 0.29) is 24.9 Å². The van der Waals surface area contributed by atoms with Gasteiger partial charge in [0.25, 0.3) is 5.91 Å². The topological polar surface area (TPSA) is 72.0 Å². The summed E-state index contributed by atoms with van der Waals surface area (Å²) in [4.78, 5) is 11.9. The number of amides is 1. The first kappa shape index (κ1) is 23.4. The maximum atomic E-state index is 12.9. The second-order valence-electron chi connectivity index (χ2n) is 6.60. The van der Waals surface area contributed by atoms with Crippen molar-refractivity contribution in [2.24, 2.45) is 5.10 Å². The smallest absolute Gasteiger partial charge is 0.259 e. The number of hydrogen-bond acceptors (Lipinski definition) is 5. The molecule has 3 aromatic carbocycles. The maximum absolute atomic E-state index is 12.9. The number of halogens is 3. The maximum Gasteiger partial charge on any atom is 0.259 e. The van der Waals surface area contributed by atoms with Crippen molar-refractivity contribution < 1.29 is 18.7 Å². The van der Waals surface area contributed by atoms with E-state index in [1.807, 2.05) is 12.1 Å². The minimum Gasteiger partial charge on any atom is -0.493 e. The van der Waals surface area contributed by atoms with E-state index in [2.05, 4.69) is 15.8 Å². The summed E-state index contributed by atoms with van der Waals surface area (Å²) in [5.41, 5.74) is 4.56. The Hall–Kier alpha value is -3.29. The highest BCUT2D eigenvalue weighted by Gasteiger charge is 2.12. The van der Waals surface area contributed by atoms with E-state index < -0.39 is 0 Å². The van der Waals surface area contributed by atoms with Gasteiger partial charge in [0.15, 0.2) is 11.5 Å². The van der Waals surface area contributed by atoms with E-state index in [1.54, 1.807) is 24.3 Å². The second-order valence-corrected chi connectivity index (χ2v) is 7.45. The molecule has 0 atom stereocenters. The first-order chi connectivity index (χ1) is 15.4. The van der Waals surface area contributed by atoms with Gasteiger partial charge in [0.2, 0.25) is 0 Å². The minimum absolute atomic E-state index is 0.0233. The van der Waals surface area contributed by atoms with E-state index >= 15 is 0 Å². The van der Waals surface area contributed by atoms with Crippen LogP contribution in [0.4, 0.5) is 10.1 Å². The van der Waals surface area contributed by atoms with Crippen LogP contribution >= 0.6 is 23.2 Å². The third-order valence-electron chi connectivity index (χ3n) is 4.25. The van der Waals surface area contributed by atoms with Crippen LogP contribution in [-0.4, -0.2) is 25.8 Å². The average molecular weight is 476 g/mol. The zero-order valence-electron chi connectivity index (χ0n) is 17.1. The molecule has 0 saturated heterocycles. The molecule has 0 saturated carbocycles. The Morgan fingerprint density at radius 2 is 1.81 bits per heavy atom. The number of hydrogen-bond donors (Lipinski definition) is 2. The van der Waals surface area contributed by atoms with E-state index in [4.69, 9.17) is 32.7 Å². The molecule has 1 amide bonds. The Labute approximate surface area is 194 Å². The summed E-state index contributed by atoms with van der Waals surface area (Å²) in [5.74, 6) is 0.109. The minimum atomic E-state index is -0.369. The molecular weight excluding hydrogens is 456 g/mol. The number of carbonyl (C=O) groups is 1. The standard InChI is InChI=1S/C23H20Cl2FN3O3/c1-31-21-11-16(10-20(25)23(21)32-14-15-2-4-17(24)5-3-15)12-28-29-22(30)13-27-19-8-6-18(26)7-9-19/h2-12,27H,13-14H2,1H3,(H,29,30)/b28-12-. The molecule has 0 unspecified atom stereocenters. The average Bonchev–Trinajstić information content (AvgIpc) is 2.79. The highest BCUT2D eigenvalue weighted by atomic mass is 35.5. The van der Waals surface area contributed by atoms with Gasteiger partial charge in [0, 0.05) is 10.7 Å². The van der Waals surface area contributed by atoms with Gasteiger partial charge < -0.3 is 14.8 Å². The Bertz CT molecular complexity index is 1090. The zero-order valence-corrected chi connectivity index (χ0v) is 18.6. The van der Waals surface area contributed by atoms with Gasteiger partial charge in [-0.15, -0.1) is 0 Å². The fourth-order valence-corrected chi connectivity index (χ4v) is 3.06. The normalized spacial score (nSPS) is 10.8. The van der Waals surface area contributed by atoms with Crippen molar-refractivity contribution in [1.29, 1.82) is 0 Å². The van der Waals surface area contributed by atoms with E-state index in [1.165, 1.54) is 37.6 Å². The molecule has 6 nitrogen and oxygen atoms in total. The van der Waals surface area contributed by atoms with Gasteiger partial charge >= 0.3 is 0 Å². The van der Waals surface area contributed by atoms with Crippen molar-refractivity contribution in [1.82, 2.24) is 5.43 Å². The summed E-state index contributed by atoms with van der Waals surface area (Å²) in [6.07, 6.45) is 1.44. The van der Waals surface area contributed by atoms with Crippen molar-refractivity contribution in [2.75, 3.05) is 19.0 Å². The molecule has 3 aromatic rings. The van der Waals surface area contributed by atoms with Gasteiger partial charge in [-0.2, -0.15) is 5.10 Å². The number of ether oxygens (including phenoxy) is 2. The molecule has 0 radical (unpaired) electrons. The number of hydrazone groups is 1. The Kier molecular flexibility index (Phi) is 8.30. The third kappa shape index (κ3) is 6.87. The summed E-state index contributed by atoms with van der Waals surface area (Å²) in [5, 5.41) is 7.77. The van der Waals surface area contributed by atoms with Crippen molar-refractivity contribution in [3.8, 4) is 11.5 Å². The lowest BCUT2D eigenvalue weighted by atomic mass is 10.2. The number of rotatable bonds is 9. The Balaban J connectivity index is 1.57. The number of benzene rings is 3. The monoisotopic (exact) mass is 475 g/mol. The van der Waals surface area contributed by atoms with E-state index in [0.717, 1.165) is 5.56 Å². The van der Waals surface area contributed by atoms with Crippen molar-refractivity contribution in [3.63, 3.8) is 0 Å². The molecule has 0 aliphatic rings. The Morgan fingerprint density at radius 3 is 2.50 bits per heavy atom. The fourth-order valence-electron chi connectivity index (χ4n) is 2.66. The lowest BCUT2D eigenvalue weighted by molar-refractivity contribution is -0.119. The summed E-state index contributed by atoms with van der Waals surface area (Å²) in [6, 6.07) is 16.3. The molecule has 2 N–H and O–H groups in total. The van der Waals surface area contributed by atoms with Gasteiger partial charge in [-0.25, -0.2) is 9.82 Å². The fraction of sp³-hybridized carbons (Fsp3) is 0.130. The molecule has 166 valence electrons. The van der Waals surface area contributed by atoms with Crippen LogP contribution in [0, 0.1) is 5.82 Å². The largest absolute Gasteiger partial charge is 0.493 e. The molecule has 0 fully saturated rings. The van der Waals surface area contributed by atoms with Crippen LogP contribution < -0.4 is 20.2 Å². The number of carbonyl (C=O) groups excluding carboxylic acids is 1. The van der Waals surface area contributed by atoms with E-state index in [9.17, 15) is 9.18 Å². The number of anilines is 1. The van der Waals surface area contributed by atoms with Gasteiger partial charge in [-0.1, -0.05) is 35.3 Å². The number of nitrogens with zero attached hydrogens (tertiary/aromatic N) is 1.